The van der Waals surface area contributed by atoms with Crippen LogP contribution in [0.1, 0.15) is 44.6 Å². The zero-order chi connectivity index (χ0) is 15.6. The predicted octanol–water partition coefficient (Wildman–Crippen LogP) is 1.55. The summed E-state index contributed by atoms with van der Waals surface area (Å²) < 4.78 is 17.3. The van der Waals surface area contributed by atoms with E-state index in [9.17, 15) is 9.59 Å². The number of aromatic nitrogens is 2. The molecule has 0 amide bonds. The van der Waals surface area contributed by atoms with Crippen molar-refractivity contribution in [3.8, 4) is 5.88 Å². The van der Waals surface area contributed by atoms with Crippen LogP contribution >= 0.6 is 0 Å². The third kappa shape index (κ3) is 3.74. The van der Waals surface area contributed by atoms with Crippen molar-refractivity contribution >= 4 is 11.9 Å². The van der Waals surface area contributed by atoms with Crippen molar-refractivity contribution in [2.24, 2.45) is 0 Å². The fourth-order valence-corrected chi connectivity index (χ4v) is 1.94. The molecule has 1 aromatic heterocycles. The molecular formula is C14H20N2O5. The van der Waals surface area contributed by atoms with E-state index in [0.717, 1.165) is 0 Å². The van der Waals surface area contributed by atoms with Gasteiger partial charge in [0.25, 0.3) is 0 Å². The molecule has 116 valence electrons. The number of carbonyl (C=O) groups excluding carboxylic acids is 2. The summed E-state index contributed by atoms with van der Waals surface area (Å²) in [5.41, 5.74) is -0.384. The minimum absolute atomic E-state index is 0.177. The number of nitrogens with zero attached hydrogens (tertiary/aromatic N) is 2. The van der Waals surface area contributed by atoms with Gasteiger partial charge in [0.15, 0.2) is 11.8 Å². The first-order chi connectivity index (χ1) is 9.80. The van der Waals surface area contributed by atoms with Gasteiger partial charge in [0.1, 0.15) is 5.60 Å². The van der Waals surface area contributed by atoms with Gasteiger partial charge >= 0.3 is 11.9 Å². The lowest BCUT2D eigenvalue weighted by molar-refractivity contribution is -0.165. The summed E-state index contributed by atoms with van der Waals surface area (Å²) in [7, 11) is 0. The van der Waals surface area contributed by atoms with Gasteiger partial charge in [-0.05, 0) is 27.7 Å². The number of ether oxygens (including phenoxy) is 3. The van der Waals surface area contributed by atoms with E-state index in [0.29, 0.717) is 18.8 Å². The molecule has 0 radical (unpaired) electrons. The number of hydrogen-bond acceptors (Lipinski definition) is 6. The Bertz CT molecular complexity index is 544. The summed E-state index contributed by atoms with van der Waals surface area (Å²) in [6.45, 7) is 7.90. The topological polar surface area (TPSA) is 79.7 Å². The van der Waals surface area contributed by atoms with Crippen molar-refractivity contribution < 1.29 is 23.8 Å². The summed E-state index contributed by atoms with van der Waals surface area (Å²) in [6, 6.07) is 1.48. The van der Waals surface area contributed by atoms with Crippen molar-refractivity contribution in [3.05, 3.63) is 11.8 Å². The highest BCUT2D eigenvalue weighted by atomic mass is 16.6. The van der Waals surface area contributed by atoms with E-state index in [4.69, 9.17) is 14.2 Å². The quantitative estimate of drug-likeness (QED) is 0.787. The van der Waals surface area contributed by atoms with Crippen LogP contribution < -0.4 is 4.74 Å². The predicted molar refractivity (Wildman–Crippen MR) is 73.1 cm³/mol. The molecule has 1 aromatic rings. The first-order valence-corrected chi connectivity index (χ1v) is 6.94. The molecule has 1 atom stereocenters. The molecule has 21 heavy (non-hydrogen) atoms. The lowest BCUT2D eigenvalue weighted by atomic mass is 10.1. The normalized spacial score (nSPS) is 17.6. The lowest BCUT2D eigenvalue weighted by Gasteiger charge is -2.27. The molecule has 7 heteroatoms. The monoisotopic (exact) mass is 296 g/mol. The van der Waals surface area contributed by atoms with Gasteiger partial charge in [0.05, 0.1) is 6.61 Å². The standard InChI is InChI=1S/C14H20N2O5/c1-5-19-12(17)9-8-11-16(15-9)7-6-10(20-11)13(18)21-14(2,3)4/h8,10H,5-7H2,1-4H3. The van der Waals surface area contributed by atoms with Gasteiger partial charge in [-0.1, -0.05) is 0 Å². The summed E-state index contributed by atoms with van der Waals surface area (Å²) >= 11 is 0. The number of esters is 2. The van der Waals surface area contributed by atoms with E-state index in [-0.39, 0.29) is 12.3 Å². The van der Waals surface area contributed by atoms with Crippen molar-refractivity contribution in [1.29, 1.82) is 0 Å². The molecule has 0 bridgehead atoms. The summed E-state index contributed by atoms with van der Waals surface area (Å²) in [5.74, 6) is -0.537. The van der Waals surface area contributed by atoms with Crippen molar-refractivity contribution in [2.45, 2.75) is 52.4 Å². The zero-order valence-corrected chi connectivity index (χ0v) is 12.7. The summed E-state index contributed by atoms with van der Waals surface area (Å²) in [4.78, 5) is 23.6. The third-order valence-corrected chi connectivity index (χ3v) is 2.76. The minimum atomic E-state index is -0.677. The van der Waals surface area contributed by atoms with Gasteiger partial charge in [0, 0.05) is 19.0 Å². The van der Waals surface area contributed by atoms with Gasteiger partial charge in [-0.15, -0.1) is 0 Å². The number of rotatable bonds is 3. The Kier molecular flexibility index (Phi) is 4.20. The molecule has 0 spiro atoms. The van der Waals surface area contributed by atoms with E-state index >= 15 is 0 Å². The van der Waals surface area contributed by atoms with E-state index in [1.807, 2.05) is 0 Å². The van der Waals surface area contributed by atoms with E-state index < -0.39 is 23.6 Å². The second kappa shape index (κ2) is 5.75. The van der Waals surface area contributed by atoms with E-state index in [2.05, 4.69) is 5.10 Å². The second-order valence-electron chi connectivity index (χ2n) is 5.74. The van der Waals surface area contributed by atoms with Crippen LogP contribution in [0.5, 0.6) is 5.88 Å². The molecule has 1 unspecified atom stereocenters. The van der Waals surface area contributed by atoms with Crippen LogP contribution in [0.15, 0.2) is 6.07 Å². The van der Waals surface area contributed by atoms with Crippen molar-refractivity contribution in [3.63, 3.8) is 0 Å². The van der Waals surface area contributed by atoms with Crippen molar-refractivity contribution in [2.75, 3.05) is 6.61 Å². The first kappa shape index (κ1) is 15.3. The Balaban J connectivity index is 2.07. The fourth-order valence-electron chi connectivity index (χ4n) is 1.94. The van der Waals surface area contributed by atoms with Gasteiger partial charge < -0.3 is 14.2 Å². The van der Waals surface area contributed by atoms with Crippen LogP contribution in [0.25, 0.3) is 0 Å². The van der Waals surface area contributed by atoms with Gasteiger partial charge in [0.2, 0.25) is 5.88 Å². The Morgan fingerprint density at radius 2 is 2.19 bits per heavy atom. The molecule has 2 rings (SSSR count). The Hall–Kier alpha value is -2.05. The van der Waals surface area contributed by atoms with E-state index in [1.54, 1.807) is 32.4 Å². The van der Waals surface area contributed by atoms with E-state index in [1.165, 1.54) is 6.07 Å². The molecule has 2 heterocycles. The smallest absolute Gasteiger partial charge is 0.358 e. The molecule has 0 saturated carbocycles. The molecule has 0 N–H and O–H groups in total. The largest absolute Gasteiger partial charge is 0.462 e. The lowest BCUT2D eigenvalue weighted by Crippen LogP contribution is -2.38. The number of fused-ring (bicyclic) bond motifs is 1. The van der Waals surface area contributed by atoms with Crippen LogP contribution in [0.3, 0.4) is 0 Å². The highest BCUT2D eigenvalue weighted by Gasteiger charge is 2.32. The molecular weight excluding hydrogens is 276 g/mol. The number of aryl methyl sites for hydroxylation is 1. The maximum absolute atomic E-state index is 12.0. The number of carbonyl (C=O) groups is 2. The maximum atomic E-state index is 12.0. The molecule has 0 saturated heterocycles. The van der Waals surface area contributed by atoms with Crippen LogP contribution in [-0.2, 0) is 20.8 Å². The molecule has 0 aromatic carbocycles. The molecule has 1 aliphatic heterocycles. The SMILES string of the molecule is CCOC(=O)c1cc2n(n1)CCC(C(=O)OC(C)(C)C)O2. The summed E-state index contributed by atoms with van der Waals surface area (Å²) in [6.07, 6.45) is -0.227. The Morgan fingerprint density at radius 1 is 1.48 bits per heavy atom. The van der Waals surface area contributed by atoms with Crippen LogP contribution in [0.4, 0.5) is 0 Å². The third-order valence-electron chi connectivity index (χ3n) is 2.76. The molecule has 1 aliphatic rings. The Labute approximate surface area is 123 Å². The summed E-state index contributed by atoms with van der Waals surface area (Å²) in [5, 5.41) is 4.10. The van der Waals surface area contributed by atoms with Gasteiger partial charge in [-0.25, -0.2) is 14.3 Å². The first-order valence-electron chi connectivity index (χ1n) is 6.94. The molecule has 0 fully saturated rings. The van der Waals surface area contributed by atoms with Crippen molar-refractivity contribution in [1.82, 2.24) is 9.78 Å². The van der Waals surface area contributed by atoms with Crippen LogP contribution in [-0.4, -0.2) is 40.0 Å². The maximum Gasteiger partial charge on any atom is 0.358 e. The second-order valence-corrected chi connectivity index (χ2v) is 5.74. The van der Waals surface area contributed by atoms with Gasteiger partial charge in [-0.3, -0.25) is 0 Å². The minimum Gasteiger partial charge on any atom is -0.462 e. The fraction of sp³-hybridized carbons (Fsp3) is 0.643. The Morgan fingerprint density at radius 3 is 2.81 bits per heavy atom. The zero-order valence-electron chi connectivity index (χ0n) is 12.7. The van der Waals surface area contributed by atoms with Crippen LogP contribution in [0.2, 0.25) is 0 Å². The average molecular weight is 296 g/mol. The number of hydrogen-bond donors (Lipinski definition) is 0. The molecule has 7 nitrogen and oxygen atoms in total. The molecule has 0 aliphatic carbocycles. The highest BCUT2D eigenvalue weighted by molar-refractivity contribution is 5.87. The highest BCUT2D eigenvalue weighted by Crippen LogP contribution is 2.24. The van der Waals surface area contributed by atoms with Crippen LogP contribution in [0, 0.1) is 0 Å². The van der Waals surface area contributed by atoms with Gasteiger partial charge in [-0.2, -0.15) is 5.10 Å². The average Bonchev–Trinajstić information content (AvgIpc) is 2.79.